The summed E-state index contributed by atoms with van der Waals surface area (Å²) in [4.78, 5) is 2.51. The lowest BCUT2D eigenvalue weighted by Gasteiger charge is -2.26. The van der Waals surface area contributed by atoms with Crippen molar-refractivity contribution in [3.8, 4) is 0 Å². The maximum Gasteiger partial charge on any atom is 0.122 e. The molecule has 0 aliphatic heterocycles. The van der Waals surface area contributed by atoms with E-state index in [2.05, 4.69) is 24.8 Å². The van der Waals surface area contributed by atoms with E-state index in [0.717, 1.165) is 18.0 Å². The predicted molar refractivity (Wildman–Crippen MR) is 75.7 cm³/mol. The van der Waals surface area contributed by atoms with Crippen molar-refractivity contribution in [3.05, 3.63) is 35.4 Å². The number of hydrogen-bond donors (Lipinski definition) is 2. The Kier molecular flexibility index (Phi) is 4.02. The number of nitrogen functional groups attached to an aromatic ring is 1. The van der Waals surface area contributed by atoms with Crippen molar-refractivity contribution < 1.29 is 0 Å². The molecular formula is C15H23N3. The van der Waals surface area contributed by atoms with Crippen LogP contribution in [0.3, 0.4) is 0 Å². The van der Waals surface area contributed by atoms with Gasteiger partial charge >= 0.3 is 0 Å². The normalized spacial score (nSPS) is 15.3. The molecule has 0 bridgehead atoms. The molecule has 0 atom stereocenters. The monoisotopic (exact) mass is 245 g/mol. The molecular weight excluding hydrogens is 222 g/mol. The largest absolute Gasteiger partial charge is 0.384 e. The van der Waals surface area contributed by atoms with Gasteiger partial charge in [0.05, 0.1) is 0 Å². The van der Waals surface area contributed by atoms with Crippen LogP contribution in [-0.2, 0) is 6.54 Å². The van der Waals surface area contributed by atoms with Crippen LogP contribution in [-0.4, -0.2) is 23.3 Å². The summed E-state index contributed by atoms with van der Waals surface area (Å²) in [7, 11) is 0. The van der Waals surface area contributed by atoms with E-state index in [-0.39, 0.29) is 5.84 Å². The van der Waals surface area contributed by atoms with Gasteiger partial charge in [0.15, 0.2) is 0 Å². The smallest absolute Gasteiger partial charge is 0.122 e. The van der Waals surface area contributed by atoms with Gasteiger partial charge in [0.1, 0.15) is 5.84 Å². The molecule has 0 saturated heterocycles. The van der Waals surface area contributed by atoms with Gasteiger partial charge in [-0.15, -0.1) is 0 Å². The van der Waals surface area contributed by atoms with Gasteiger partial charge in [0.25, 0.3) is 0 Å². The summed E-state index contributed by atoms with van der Waals surface area (Å²) in [5, 5.41) is 7.49. The number of nitrogens with two attached hydrogens (primary N) is 1. The van der Waals surface area contributed by atoms with Crippen LogP contribution in [0.4, 0.5) is 0 Å². The van der Waals surface area contributed by atoms with Crippen LogP contribution < -0.4 is 5.73 Å². The molecule has 1 aromatic carbocycles. The van der Waals surface area contributed by atoms with Gasteiger partial charge in [-0.25, -0.2) is 0 Å². The number of benzene rings is 1. The predicted octanol–water partition coefficient (Wildman–Crippen LogP) is 2.59. The van der Waals surface area contributed by atoms with Crippen LogP contribution in [0.1, 0.15) is 37.8 Å². The molecule has 3 N–H and O–H groups in total. The van der Waals surface area contributed by atoms with Gasteiger partial charge in [-0.2, -0.15) is 0 Å². The zero-order valence-corrected chi connectivity index (χ0v) is 11.3. The molecule has 3 nitrogen and oxygen atoms in total. The highest BCUT2D eigenvalue weighted by Crippen LogP contribution is 2.30. The van der Waals surface area contributed by atoms with Crippen LogP contribution in [0.2, 0.25) is 0 Å². The summed E-state index contributed by atoms with van der Waals surface area (Å²) in [6, 6.07) is 8.60. The van der Waals surface area contributed by atoms with Crippen molar-refractivity contribution in [2.75, 3.05) is 6.54 Å². The molecule has 1 aromatic rings. The zero-order valence-electron chi connectivity index (χ0n) is 11.3. The number of hydrogen-bond acceptors (Lipinski definition) is 2. The third-order valence-corrected chi connectivity index (χ3v) is 3.54. The summed E-state index contributed by atoms with van der Waals surface area (Å²) < 4.78 is 0. The Bertz CT molecular complexity index is 422. The SMILES string of the molecule is CC(C)N(Cc1cccc(C(=N)N)c1)CC1CC1. The highest BCUT2D eigenvalue weighted by molar-refractivity contribution is 5.95. The maximum atomic E-state index is 7.49. The average Bonchev–Trinajstić information content (AvgIpc) is 3.12. The standard InChI is InChI=1S/C15H23N3/c1-11(2)18(9-12-6-7-12)10-13-4-3-5-14(8-13)15(16)17/h3-5,8,11-12H,6-7,9-10H2,1-2H3,(H3,16,17). The molecule has 98 valence electrons. The Hall–Kier alpha value is -1.35. The molecule has 0 aromatic heterocycles. The molecule has 0 unspecified atom stereocenters. The summed E-state index contributed by atoms with van der Waals surface area (Å²) >= 11 is 0. The van der Waals surface area contributed by atoms with E-state index < -0.39 is 0 Å². The molecule has 18 heavy (non-hydrogen) atoms. The van der Waals surface area contributed by atoms with Crippen molar-refractivity contribution in [3.63, 3.8) is 0 Å². The van der Waals surface area contributed by atoms with Crippen molar-refractivity contribution in [1.82, 2.24) is 4.90 Å². The zero-order chi connectivity index (χ0) is 13.1. The number of rotatable bonds is 6. The topological polar surface area (TPSA) is 53.1 Å². The second-order valence-electron chi connectivity index (χ2n) is 5.58. The Morgan fingerprint density at radius 2 is 2.17 bits per heavy atom. The first-order valence-corrected chi connectivity index (χ1v) is 6.73. The fourth-order valence-corrected chi connectivity index (χ4v) is 2.16. The van der Waals surface area contributed by atoms with Gasteiger partial charge in [-0.3, -0.25) is 10.3 Å². The van der Waals surface area contributed by atoms with Gasteiger partial charge < -0.3 is 5.73 Å². The Morgan fingerprint density at radius 1 is 1.44 bits per heavy atom. The molecule has 1 saturated carbocycles. The Balaban J connectivity index is 2.05. The van der Waals surface area contributed by atoms with E-state index in [9.17, 15) is 0 Å². The molecule has 1 aliphatic carbocycles. The quantitative estimate of drug-likeness (QED) is 0.598. The van der Waals surface area contributed by atoms with Crippen molar-refractivity contribution in [2.24, 2.45) is 11.7 Å². The molecule has 0 spiro atoms. The number of amidine groups is 1. The summed E-state index contributed by atoms with van der Waals surface area (Å²) in [5.41, 5.74) is 7.60. The molecule has 0 amide bonds. The molecule has 0 radical (unpaired) electrons. The molecule has 3 heteroatoms. The van der Waals surface area contributed by atoms with Gasteiger partial charge in [0, 0.05) is 24.7 Å². The second kappa shape index (κ2) is 5.53. The first kappa shape index (κ1) is 13.1. The fourth-order valence-electron chi connectivity index (χ4n) is 2.16. The van der Waals surface area contributed by atoms with E-state index >= 15 is 0 Å². The molecule has 2 rings (SSSR count). The van der Waals surface area contributed by atoms with E-state index in [1.807, 2.05) is 18.2 Å². The average molecular weight is 245 g/mol. The van der Waals surface area contributed by atoms with Crippen LogP contribution >= 0.6 is 0 Å². The van der Waals surface area contributed by atoms with Crippen LogP contribution in [0, 0.1) is 11.3 Å². The lowest BCUT2D eigenvalue weighted by molar-refractivity contribution is 0.204. The third kappa shape index (κ3) is 3.57. The Labute approximate surface area is 109 Å². The molecule has 0 heterocycles. The summed E-state index contributed by atoms with van der Waals surface area (Å²) in [5.74, 6) is 1.05. The van der Waals surface area contributed by atoms with Crippen molar-refractivity contribution in [2.45, 2.75) is 39.3 Å². The third-order valence-electron chi connectivity index (χ3n) is 3.54. The lowest BCUT2D eigenvalue weighted by atomic mass is 10.1. The fraction of sp³-hybridized carbons (Fsp3) is 0.533. The van der Waals surface area contributed by atoms with Gasteiger partial charge in [-0.05, 0) is 44.2 Å². The lowest BCUT2D eigenvalue weighted by Crippen LogP contribution is -2.32. The first-order chi connectivity index (χ1) is 8.56. The van der Waals surface area contributed by atoms with Crippen molar-refractivity contribution >= 4 is 5.84 Å². The van der Waals surface area contributed by atoms with Crippen LogP contribution in [0.25, 0.3) is 0 Å². The number of nitrogens with zero attached hydrogens (tertiary/aromatic N) is 1. The molecule has 1 aliphatic rings. The van der Waals surface area contributed by atoms with Gasteiger partial charge in [0.2, 0.25) is 0 Å². The molecule has 1 fully saturated rings. The second-order valence-corrected chi connectivity index (χ2v) is 5.58. The summed E-state index contributed by atoms with van der Waals surface area (Å²) in [6.45, 7) is 6.64. The minimum atomic E-state index is 0.148. The Morgan fingerprint density at radius 3 is 2.72 bits per heavy atom. The van der Waals surface area contributed by atoms with Crippen molar-refractivity contribution in [1.29, 1.82) is 5.41 Å². The minimum Gasteiger partial charge on any atom is -0.384 e. The van der Waals surface area contributed by atoms with E-state index in [4.69, 9.17) is 11.1 Å². The number of nitrogens with one attached hydrogen (secondary N) is 1. The summed E-state index contributed by atoms with van der Waals surface area (Å²) in [6.07, 6.45) is 2.77. The maximum absolute atomic E-state index is 7.49. The van der Waals surface area contributed by atoms with Crippen LogP contribution in [0.15, 0.2) is 24.3 Å². The van der Waals surface area contributed by atoms with E-state index in [0.29, 0.717) is 6.04 Å². The highest BCUT2D eigenvalue weighted by atomic mass is 15.1. The van der Waals surface area contributed by atoms with E-state index in [1.165, 1.54) is 24.9 Å². The first-order valence-electron chi connectivity index (χ1n) is 6.73. The van der Waals surface area contributed by atoms with Gasteiger partial charge in [-0.1, -0.05) is 18.2 Å². The van der Waals surface area contributed by atoms with E-state index in [1.54, 1.807) is 0 Å². The van der Waals surface area contributed by atoms with Crippen LogP contribution in [0.5, 0.6) is 0 Å². The highest BCUT2D eigenvalue weighted by Gasteiger charge is 2.25. The minimum absolute atomic E-state index is 0.148.